The Morgan fingerprint density at radius 2 is 1.96 bits per heavy atom. The average Bonchev–Trinajstić information content (AvgIpc) is 2.90. The van der Waals surface area contributed by atoms with E-state index in [0.29, 0.717) is 6.54 Å². The van der Waals surface area contributed by atoms with E-state index in [1.807, 2.05) is 61.0 Å². The molecule has 134 valence electrons. The normalized spacial score (nSPS) is 11.1. The Morgan fingerprint density at radius 3 is 2.62 bits per heavy atom. The van der Waals surface area contributed by atoms with Crippen LogP contribution in [0.5, 0.6) is 5.75 Å². The van der Waals surface area contributed by atoms with Gasteiger partial charge in [0.25, 0.3) is 0 Å². The van der Waals surface area contributed by atoms with E-state index in [0.717, 1.165) is 38.4 Å². The summed E-state index contributed by atoms with van der Waals surface area (Å²) in [6, 6.07) is 15.9. The number of hydrogen-bond acceptors (Lipinski definition) is 4. The highest BCUT2D eigenvalue weighted by Crippen LogP contribution is 2.24. The maximum Gasteiger partial charge on any atom is 0.123 e. The predicted octanol–water partition coefficient (Wildman–Crippen LogP) is 4.77. The molecular formula is C20H21BrN4O. The molecule has 0 radical (unpaired) electrons. The van der Waals surface area contributed by atoms with E-state index in [4.69, 9.17) is 4.74 Å². The summed E-state index contributed by atoms with van der Waals surface area (Å²) < 4.78 is 8.53. The van der Waals surface area contributed by atoms with E-state index in [1.54, 1.807) is 13.3 Å². The van der Waals surface area contributed by atoms with Crippen LogP contribution in [0.3, 0.4) is 0 Å². The van der Waals surface area contributed by atoms with Gasteiger partial charge in [-0.25, -0.2) is 0 Å². The van der Waals surface area contributed by atoms with Crippen LogP contribution < -0.4 is 10.2 Å². The number of nitrogens with zero attached hydrogens (tertiary/aromatic N) is 3. The molecule has 0 unspecified atom stereocenters. The third-order valence-corrected chi connectivity index (χ3v) is 5.25. The van der Waals surface area contributed by atoms with Crippen molar-refractivity contribution >= 4 is 27.8 Å². The lowest BCUT2D eigenvalue weighted by atomic mass is 10.1. The zero-order chi connectivity index (χ0) is 18.5. The highest BCUT2D eigenvalue weighted by Gasteiger charge is 2.11. The third-order valence-electron chi connectivity index (χ3n) is 4.10. The lowest BCUT2D eigenvalue weighted by Crippen LogP contribution is -2.06. The first-order chi connectivity index (χ1) is 12.6. The largest absolute Gasteiger partial charge is 0.496 e. The number of hydrogen-bond donors (Lipinski definition) is 1. The summed E-state index contributed by atoms with van der Waals surface area (Å²) in [7, 11) is 1.68. The number of para-hydroxylation sites is 1. The molecule has 0 saturated heterocycles. The van der Waals surface area contributed by atoms with Gasteiger partial charge in [0.05, 0.1) is 41.4 Å². The van der Waals surface area contributed by atoms with Gasteiger partial charge in [-0.15, -0.1) is 0 Å². The molecule has 0 aliphatic heterocycles. The van der Waals surface area contributed by atoms with Crippen LogP contribution in [-0.4, -0.2) is 23.1 Å². The van der Waals surface area contributed by atoms with Gasteiger partial charge >= 0.3 is 0 Å². The molecule has 0 saturated carbocycles. The molecule has 26 heavy (non-hydrogen) atoms. The number of hydrazone groups is 1. The summed E-state index contributed by atoms with van der Waals surface area (Å²) >= 11 is 3.58. The fourth-order valence-electron chi connectivity index (χ4n) is 2.69. The monoisotopic (exact) mass is 412 g/mol. The van der Waals surface area contributed by atoms with Crippen LogP contribution in [-0.2, 0) is 6.54 Å². The van der Waals surface area contributed by atoms with Crippen LogP contribution in [0.2, 0.25) is 0 Å². The minimum atomic E-state index is 0.634. The molecule has 3 rings (SSSR count). The maximum atomic E-state index is 5.51. The van der Waals surface area contributed by atoms with Crippen LogP contribution in [0.25, 0.3) is 0 Å². The molecule has 0 atom stereocenters. The lowest BCUT2D eigenvalue weighted by Gasteiger charge is -2.11. The van der Waals surface area contributed by atoms with Gasteiger partial charge in [0.2, 0.25) is 0 Å². The Morgan fingerprint density at radius 1 is 1.19 bits per heavy atom. The van der Waals surface area contributed by atoms with Crippen molar-refractivity contribution in [2.24, 2.45) is 5.10 Å². The minimum absolute atomic E-state index is 0.634. The Hall–Kier alpha value is -2.60. The average molecular weight is 413 g/mol. The second kappa shape index (κ2) is 8.19. The maximum absolute atomic E-state index is 5.51. The van der Waals surface area contributed by atoms with Crippen molar-refractivity contribution in [3.8, 4) is 5.75 Å². The number of aryl methyl sites for hydroxylation is 1. The molecule has 3 aromatic rings. The number of benzene rings is 2. The van der Waals surface area contributed by atoms with Crippen molar-refractivity contribution in [2.75, 3.05) is 12.5 Å². The summed E-state index contributed by atoms with van der Waals surface area (Å²) in [6.45, 7) is 4.67. The number of rotatable bonds is 6. The lowest BCUT2D eigenvalue weighted by molar-refractivity contribution is 0.407. The van der Waals surface area contributed by atoms with Crippen molar-refractivity contribution in [1.29, 1.82) is 0 Å². The van der Waals surface area contributed by atoms with Gasteiger partial charge in [-0.05, 0) is 65.7 Å². The van der Waals surface area contributed by atoms with Crippen molar-refractivity contribution in [2.45, 2.75) is 20.4 Å². The van der Waals surface area contributed by atoms with Crippen LogP contribution >= 0.6 is 15.9 Å². The van der Waals surface area contributed by atoms with E-state index in [1.165, 1.54) is 0 Å². The molecule has 0 aliphatic rings. The Labute approximate surface area is 161 Å². The fraction of sp³-hybridized carbons (Fsp3) is 0.200. The van der Waals surface area contributed by atoms with E-state index >= 15 is 0 Å². The zero-order valence-electron chi connectivity index (χ0n) is 15.0. The van der Waals surface area contributed by atoms with Crippen molar-refractivity contribution in [3.05, 3.63) is 75.5 Å². The van der Waals surface area contributed by atoms with Gasteiger partial charge < -0.3 is 4.74 Å². The summed E-state index contributed by atoms with van der Waals surface area (Å²) in [5, 5.41) is 8.89. The highest BCUT2D eigenvalue weighted by molar-refractivity contribution is 9.10. The number of anilines is 1. The summed E-state index contributed by atoms with van der Waals surface area (Å²) in [4.78, 5) is 0. The second-order valence-electron chi connectivity index (χ2n) is 5.95. The number of halogens is 1. The summed E-state index contributed by atoms with van der Waals surface area (Å²) in [5.41, 5.74) is 8.09. The molecule has 5 nitrogen and oxygen atoms in total. The number of ether oxygens (including phenoxy) is 1. The van der Waals surface area contributed by atoms with E-state index < -0.39 is 0 Å². The van der Waals surface area contributed by atoms with E-state index in [9.17, 15) is 0 Å². The van der Waals surface area contributed by atoms with Gasteiger partial charge in [-0.1, -0.05) is 18.2 Å². The smallest absolute Gasteiger partial charge is 0.123 e. The van der Waals surface area contributed by atoms with Crippen molar-refractivity contribution < 1.29 is 4.74 Å². The highest BCUT2D eigenvalue weighted by atomic mass is 79.9. The zero-order valence-corrected chi connectivity index (χ0v) is 16.6. The standard InChI is InChI=1S/C20H21BrN4O/c1-14-20(21)15(2)25(24-14)13-17-11-16(9-10-19(17)26-3)12-22-23-18-7-5-4-6-8-18/h4-12,23H,13H2,1-3H3/b22-12+. The van der Waals surface area contributed by atoms with Crippen LogP contribution in [0.15, 0.2) is 58.1 Å². The third kappa shape index (κ3) is 4.14. The fourth-order valence-corrected chi connectivity index (χ4v) is 2.97. The summed E-state index contributed by atoms with van der Waals surface area (Å²) in [5.74, 6) is 0.835. The molecule has 1 aromatic heterocycles. The van der Waals surface area contributed by atoms with E-state index in [-0.39, 0.29) is 0 Å². The van der Waals surface area contributed by atoms with Gasteiger partial charge in [-0.3, -0.25) is 10.1 Å². The van der Waals surface area contributed by atoms with Gasteiger partial charge in [0.1, 0.15) is 5.75 Å². The van der Waals surface area contributed by atoms with Gasteiger partial charge in [0.15, 0.2) is 0 Å². The molecule has 0 spiro atoms. The molecule has 0 amide bonds. The molecule has 1 N–H and O–H groups in total. The first-order valence-corrected chi connectivity index (χ1v) is 9.08. The molecule has 0 bridgehead atoms. The molecule has 1 heterocycles. The van der Waals surface area contributed by atoms with Crippen LogP contribution in [0, 0.1) is 13.8 Å². The van der Waals surface area contributed by atoms with Crippen LogP contribution in [0.4, 0.5) is 5.69 Å². The Kier molecular flexibility index (Phi) is 5.73. The SMILES string of the molecule is COc1ccc(/C=N/Nc2ccccc2)cc1Cn1nc(C)c(Br)c1C. The van der Waals surface area contributed by atoms with Gasteiger partial charge in [0, 0.05) is 5.56 Å². The molecular weight excluding hydrogens is 392 g/mol. The first kappa shape index (κ1) is 18.2. The second-order valence-corrected chi connectivity index (χ2v) is 6.74. The van der Waals surface area contributed by atoms with E-state index in [2.05, 4.69) is 37.6 Å². The van der Waals surface area contributed by atoms with Crippen LogP contribution in [0.1, 0.15) is 22.5 Å². The molecule has 2 aromatic carbocycles. The predicted molar refractivity (Wildman–Crippen MR) is 109 cm³/mol. The Balaban J connectivity index is 1.81. The van der Waals surface area contributed by atoms with Crippen molar-refractivity contribution in [1.82, 2.24) is 9.78 Å². The number of aromatic nitrogens is 2. The molecule has 6 heteroatoms. The molecule has 0 aliphatic carbocycles. The quantitative estimate of drug-likeness (QED) is 0.468. The number of nitrogens with one attached hydrogen (secondary N) is 1. The van der Waals surface area contributed by atoms with Crippen molar-refractivity contribution in [3.63, 3.8) is 0 Å². The topological polar surface area (TPSA) is 51.4 Å². The summed E-state index contributed by atoms with van der Waals surface area (Å²) in [6.07, 6.45) is 1.80. The molecule has 0 fully saturated rings. The van der Waals surface area contributed by atoms with Gasteiger partial charge in [-0.2, -0.15) is 10.2 Å². The number of methoxy groups -OCH3 is 1. The minimum Gasteiger partial charge on any atom is -0.496 e. The first-order valence-electron chi connectivity index (χ1n) is 8.29. The Bertz CT molecular complexity index is 919.